The van der Waals surface area contributed by atoms with Crippen LogP contribution in [-0.2, 0) is 6.42 Å². The number of hydrogen-bond acceptors (Lipinski definition) is 2. The second kappa shape index (κ2) is 3.39. The molecule has 0 bridgehead atoms. The minimum Gasteiger partial charge on any atom is -0.205 e. The van der Waals surface area contributed by atoms with E-state index < -0.39 is 0 Å². The molecule has 0 aliphatic carbocycles. The minimum atomic E-state index is -0.171. The Morgan fingerprint density at radius 1 is 1.50 bits per heavy atom. The zero-order valence-corrected chi connectivity index (χ0v) is 8.49. The standard InChI is InChI=1S/C11H8FNS/c1-7-11(12)10-8(5-6-13)3-2-4-9(10)14-7/h2-4H,5H2,1H3. The highest BCUT2D eigenvalue weighted by molar-refractivity contribution is 7.19. The number of fused-ring (bicyclic) bond motifs is 1. The lowest BCUT2D eigenvalue weighted by Gasteiger charge is -1.96. The average Bonchev–Trinajstić information content (AvgIpc) is 2.45. The van der Waals surface area contributed by atoms with Crippen LogP contribution in [0.5, 0.6) is 0 Å². The number of benzene rings is 1. The summed E-state index contributed by atoms with van der Waals surface area (Å²) in [4.78, 5) is 0.686. The fourth-order valence-electron chi connectivity index (χ4n) is 1.53. The molecule has 2 aromatic rings. The smallest absolute Gasteiger partial charge is 0.144 e. The quantitative estimate of drug-likeness (QED) is 0.699. The van der Waals surface area contributed by atoms with Gasteiger partial charge >= 0.3 is 0 Å². The first-order valence-electron chi connectivity index (χ1n) is 4.27. The SMILES string of the molecule is Cc1sc2cccc(CC#N)c2c1F. The van der Waals surface area contributed by atoms with E-state index in [1.165, 1.54) is 11.3 Å². The molecule has 70 valence electrons. The molecule has 0 aliphatic rings. The van der Waals surface area contributed by atoms with Gasteiger partial charge in [-0.1, -0.05) is 12.1 Å². The van der Waals surface area contributed by atoms with Crippen LogP contribution in [0.1, 0.15) is 10.4 Å². The van der Waals surface area contributed by atoms with Crippen molar-refractivity contribution in [2.45, 2.75) is 13.3 Å². The van der Waals surface area contributed by atoms with Crippen molar-refractivity contribution in [2.75, 3.05) is 0 Å². The first-order chi connectivity index (χ1) is 6.74. The van der Waals surface area contributed by atoms with Crippen LogP contribution >= 0.6 is 11.3 Å². The van der Waals surface area contributed by atoms with E-state index in [9.17, 15) is 4.39 Å². The topological polar surface area (TPSA) is 23.8 Å². The Kier molecular flexibility index (Phi) is 2.22. The van der Waals surface area contributed by atoms with Gasteiger partial charge in [0, 0.05) is 15.0 Å². The molecule has 0 unspecified atom stereocenters. The molecule has 0 saturated heterocycles. The molecule has 1 aromatic heterocycles. The molecule has 0 N–H and O–H groups in total. The highest BCUT2D eigenvalue weighted by Gasteiger charge is 2.11. The summed E-state index contributed by atoms with van der Waals surface area (Å²) in [5, 5.41) is 9.23. The summed E-state index contributed by atoms with van der Waals surface area (Å²) in [6, 6.07) is 7.61. The molecule has 0 atom stereocenters. The van der Waals surface area contributed by atoms with Gasteiger partial charge in [-0.2, -0.15) is 5.26 Å². The molecule has 1 heterocycles. The summed E-state index contributed by atoms with van der Waals surface area (Å²) in [6.07, 6.45) is 0.268. The lowest BCUT2D eigenvalue weighted by molar-refractivity contribution is 0.636. The first kappa shape index (κ1) is 9.17. The van der Waals surface area contributed by atoms with Crippen LogP contribution < -0.4 is 0 Å². The van der Waals surface area contributed by atoms with Crippen molar-refractivity contribution in [1.29, 1.82) is 5.26 Å². The molecule has 1 aromatic carbocycles. The largest absolute Gasteiger partial charge is 0.205 e. The number of rotatable bonds is 1. The lowest BCUT2D eigenvalue weighted by Crippen LogP contribution is -1.84. The number of aryl methyl sites for hydroxylation is 1. The molecule has 2 rings (SSSR count). The second-order valence-electron chi connectivity index (χ2n) is 3.10. The van der Waals surface area contributed by atoms with E-state index >= 15 is 0 Å². The Labute approximate surface area is 85.4 Å². The Morgan fingerprint density at radius 2 is 2.29 bits per heavy atom. The monoisotopic (exact) mass is 205 g/mol. The third-order valence-electron chi connectivity index (χ3n) is 2.17. The van der Waals surface area contributed by atoms with Crippen molar-refractivity contribution in [3.05, 3.63) is 34.5 Å². The van der Waals surface area contributed by atoms with Gasteiger partial charge in [0.05, 0.1) is 12.5 Å². The van der Waals surface area contributed by atoms with Crippen LogP contribution in [-0.4, -0.2) is 0 Å². The van der Waals surface area contributed by atoms with Gasteiger partial charge in [-0.25, -0.2) is 4.39 Å². The van der Waals surface area contributed by atoms with Crippen molar-refractivity contribution in [2.24, 2.45) is 0 Å². The van der Waals surface area contributed by atoms with E-state index in [0.29, 0.717) is 10.3 Å². The zero-order valence-electron chi connectivity index (χ0n) is 7.67. The molecule has 0 aliphatic heterocycles. The van der Waals surface area contributed by atoms with E-state index in [1.807, 2.05) is 12.1 Å². The van der Waals surface area contributed by atoms with E-state index in [4.69, 9.17) is 5.26 Å². The third kappa shape index (κ3) is 1.28. The van der Waals surface area contributed by atoms with Crippen molar-refractivity contribution >= 4 is 21.4 Å². The Balaban J connectivity index is 2.79. The van der Waals surface area contributed by atoms with Gasteiger partial charge in [-0.3, -0.25) is 0 Å². The summed E-state index contributed by atoms with van der Waals surface area (Å²) in [6.45, 7) is 1.76. The highest BCUT2D eigenvalue weighted by Crippen LogP contribution is 2.31. The maximum absolute atomic E-state index is 13.6. The molecular weight excluding hydrogens is 197 g/mol. The summed E-state index contributed by atoms with van der Waals surface area (Å²) < 4.78 is 14.6. The maximum Gasteiger partial charge on any atom is 0.144 e. The number of halogens is 1. The van der Waals surface area contributed by atoms with Crippen LogP contribution in [0.4, 0.5) is 4.39 Å². The highest BCUT2D eigenvalue weighted by atomic mass is 32.1. The van der Waals surface area contributed by atoms with Gasteiger partial charge in [0.1, 0.15) is 5.82 Å². The first-order valence-corrected chi connectivity index (χ1v) is 5.09. The van der Waals surface area contributed by atoms with Crippen LogP contribution in [0, 0.1) is 24.1 Å². The van der Waals surface area contributed by atoms with Gasteiger partial charge in [-0.15, -0.1) is 11.3 Å². The average molecular weight is 205 g/mol. The van der Waals surface area contributed by atoms with Crippen LogP contribution in [0.25, 0.3) is 10.1 Å². The van der Waals surface area contributed by atoms with Gasteiger partial charge in [0.2, 0.25) is 0 Å². The van der Waals surface area contributed by atoms with Gasteiger partial charge in [0.15, 0.2) is 0 Å². The molecule has 0 radical (unpaired) electrons. The number of hydrogen-bond donors (Lipinski definition) is 0. The fraction of sp³-hybridized carbons (Fsp3) is 0.182. The summed E-state index contributed by atoms with van der Waals surface area (Å²) in [7, 11) is 0. The van der Waals surface area contributed by atoms with Crippen molar-refractivity contribution in [3.8, 4) is 6.07 Å². The van der Waals surface area contributed by atoms with E-state index in [2.05, 4.69) is 6.07 Å². The number of thiophene rings is 1. The van der Waals surface area contributed by atoms with Crippen LogP contribution in [0.15, 0.2) is 18.2 Å². The van der Waals surface area contributed by atoms with Gasteiger partial charge in [0.25, 0.3) is 0 Å². The molecule has 1 nitrogen and oxygen atoms in total. The van der Waals surface area contributed by atoms with Crippen LogP contribution in [0.2, 0.25) is 0 Å². The minimum absolute atomic E-state index is 0.171. The summed E-state index contributed by atoms with van der Waals surface area (Å²) >= 11 is 1.43. The lowest BCUT2D eigenvalue weighted by atomic mass is 10.1. The van der Waals surface area contributed by atoms with E-state index in [-0.39, 0.29) is 12.2 Å². The molecule has 14 heavy (non-hydrogen) atoms. The van der Waals surface area contributed by atoms with Gasteiger partial charge in [-0.05, 0) is 18.6 Å². The second-order valence-corrected chi connectivity index (χ2v) is 4.35. The molecule has 0 saturated carbocycles. The van der Waals surface area contributed by atoms with Crippen molar-refractivity contribution in [1.82, 2.24) is 0 Å². The number of nitriles is 1. The summed E-state index contributed by atoms with van der Waals surface area (Å²) in [5.41, 5.74) is 0.784. The zero-order chi connectivity index (χ0) is 10.1. The Bertz CT molecular complexity index is 522. The fourth-order valence-corrected chi connectivity index (χ4v) is 2.52. The molecule has 0 amide bonds. The maximum atomic E-state index is 13.6. The van der Waals surface area contributed by atoms with E-state index in [0.717, 1.165) is 10.3 Å². The van der Waals surface area contributed by atoms with Crippen LogP contribution in [0.3, 0.4) is 0 Å². The van der Waals surface area contributed by atoms with Gasteiger partial charge < -0.3 is 0 Å². The third-order valence-corrected chi connectivity index (χ3v) is 3.22. The molecular formula is C11H8FNS. The van der Waals surface area contributed by atoms with Crippen molar-refractivity contribution < 1.29 is 4.39 Å². The van der Waals surface area contributed by atoms with Crippen molar-refractivity contribution in [3.63, 3.8) is 0 Å². The molecule has 0 fully saturated rings. The van der Waals surface area contributed by atoms with E-state index in [1.54, 1.807) is 13.0 Å². The molecule has 3 heteroatoms. The predicted octanol–water partition coefficient (Wildman–Crippen LogP) is 3.41. The number of nitrogens with zero attached hydrogens (tertiary/aromatic N) is 1. The predicted molar refractivity (Wildman–Crippen MR) is 55.8 cm³/mol. The molecule has 0 spiro atoms. The summed E-state index contributed by atoms with van der Waals surface area (Å²) in [5.74, 6) is -0.171. The Hall–Kier alpha value is -1.40. The Morgan fingerprint density at radius 3 is 3.00 bits per heavy atom. The normalized spacial score (nSPS) is 10.4.